The Hall–Kier alpha value is -1.15. The van der Waals surface area contributed by atoms with Crippen LogP contribution in [-0.2, 0) is 9.59 Å². The molecule has 0 radical (unpaired) electrons. The number of hydrogen-bond donors (Lipinski definition) is 2. The summed E-state index contributed by atoms with van der Waals surface area (Å²) < 4.78 is 0. The number of carboxylic acid groups (broad SMARTS) is 1. The first-order valence-corrected chi connectivity index (χ1v) is 5.70. The van der Waals surface area contributed by atoms with Gasteiger partial charge in [-0.15, -0.1) is 17.7 Å². The van der Waals surface area contributed by atoms with Crippen molar-refractivity contribution in [1.29, 1.82) is 0 Å². The molecule has 1 atom stereocenters. The lowest BCUT2D eigenvalue weighted by Crippen LogP contribution is -2.39. The molecule has 0 aliphatic rings. The Morgan fingerprint density at radius 2 is 2.20 bits per heavy atom. The predicted molar refractivity (Wildman–Crippen MR) is 60.6 cm³/mol. The minimum Gasteiger partial charge on any atom is -0.480 e. The molecule has 0 fully saturated rings. The van der Waals surface area contributed by atoms with E-state index in [4.69, 9.17) is 5.11 Å². The van der Waals surface area contributed by atoms with Gasteiger partial charge >= 0.3 is 5.97 Å². The molecule has 0 aromatic rings. The summed E-state index contributed by atoms with van der Waals surface area (Å²) in [5, 5.41) is 11.2. The van der Waals surface area contributed by atoms with Crippen molar-refractivity contribution in [2.24, 2.45) is 0 Å². The first kappa shape index (κ1) is 13.8. The lowest BCUT2D eigenvalue weighted by Gasteiger charge is -2.11. The fraction of sp³-hybridized carbons (Fsp3) is 0.600. The van der Waals surface area contributed by atoms with Gasteiger partial charge in [0, 0.05) is 6.92 Å². The number of amides is 1. The first-order chi connectivity index (χ1) is 7.07. The quantitative estimate of drug-likeness (QED) is 0.520. The molecule has 5 heteroatoms. The molecule has 84 valence electrons. The number of rotatable bonds is 6. The van der Waals surface area contributed by atoms with Gasteiger partial charge in [0.1, 0.15) is 6.04 Å². The van der Waals surface area contributed by atoms with Crippen molar-refractivity contribution in [3.05, 3.63) is 0 Å². The topological polar surface area (TPSA) is 66.4 Å². The van der Waals surface area contributed by atoms with Crippen molar-refractivity contribution in [2.45, 2.75) is 26.3 Å². The van der Waals surface area contributed by atoms with Crippen LogP contribution in [0.3, 0.4) is 0 Å². The molecule has 2 N–H and O–H groups in total. The van der Waals surface area contributed by atoms with Crippen LogP contribution < -0.4 is 5.32 Å². The van der Waals surface area contributed by atoms with E-state index in [1.54, 1.807) is 18.7 Å². The van der Waals surface area contributed by atoms with Gasteiger partial charge in [-0.05, 0) is 19.1 Å². The molecule has 0 saturated heterocycles. The van der Waals surface area contributed by atoms with E-state index in [-0.39, 0.29) is 5.91 Å². The third-order valence-electron chi connectivity index (χ3n) is 1.58. The fourth-order valence-electron chi connectivity index (χ4n) is 0.899. The largest absolute Gasteiger partial charge is 0.480 e. The van der Waals surface area contributed by atoms with Crippen molar-refractivity contribution in [2.75, 3.05) is 11.5 Å². The van der Waals surface area contributed by atoms with Gasteiger partial charge in [0.25, 0.3) is 0 Å². The highest BCUT2D eigenvalue weighted by Crippen LogP contribution is 2.04. The Morgan fingerprint density at radius 3 is 2.67 bits per heavy atom. The number of carbonyl (C=O) groups excluding carboxylic acids is 1. The summed E-state index contributed by atoms with van der Waals surface area (Å²) in [6.45, 7) is 3.07. The maximum atomic E-state index is 10.7. The van der Waals surface area contributed by atoms with Crippen LogP contribution in [0.5, 0.6) is 0 Å². The average molecular weight is 229 g/mol. The minimum atomic E-state index is -0.993. The van der Waals surface area contributed by atoms with Crippen molar-refractivity contribution in [3.63, 3.8) is 0 Å². The van der Waals surface area contributed by atoms with E-state index in [0.29, 0.717) is 17.9 Å². The average Bonchev–Trinajstić information content (AvgIpc) is 2.15. The van der Waals surface area contributed by atoms with Gasteiger partial charge in [0.05, 0.1) is 5.75 Å². The van der Waals surface area contributed by atoms with Gasteiger partial charge in [-0.3, -0.25) is 4.79 Å². The molecule has 0 spiro atoms. The van der Waals surface area contributed by atoms with E-state index in [0.717, 1.165) is 0 Å². The maximum Gasteiger partial charge on any atom is 0.326 e. The summed E-state index contributed by atoms with van der Waals surface area (Å²) >= 11 is 1.56. The van der Waals surface area contributed by atoms with E-state index in [2.05, 4.69) is 17.2 Å². The van der Waals surface area contributed by atoms with E-state index in [1.807, 2.05) is 0 Å². The van der Waals surface area contributed by atoms with Crippen LogP contribution in [-0.4, -0.2) is 34.5 Å². The Labute approximate surface area is 93.8 Å². The normalized spacial score (nSPS) is 11.1. The number of carboxylic acids is 1. The monoisotopic (exact) mass is 229 g/mol. The van der Waals surface area contributed by atoms with Crippen LogP contribution in [0, 0.1) is 11.8 Å². The predicted octanol–water partition coefficient (Wildman–Crippen LogP) is 0.722. The van der Waals surface area contributed by atoms with E-state index < -0.39 is 12.0 Å². The Bertz CT molecular complexity index is 280. The van der Waals surface area contributed by atoms with Gasteiger partial charge in [0.2, 0.25) is 5.91 Å². The highest BCUT2D eigenvalue weighted by molar-refractivity contribution is 7.99. The molecule has 15 heavy (non-hydrogen) atoms. The summed E-state index contributed by atoms with van der Waals surface area (Å²) in [5.74, 6) is 5.68. The summed E-state index contributed by atoms with van der Waals surface area (Å²) in [5.41, 5.74) is 0. The van der Waals surface area contributed by atoms with E-state index >= 15 is 0 Å². The molecule has 0 bridgehead atoms. The molecular weight excluding hydrogens is 214 g/mol. The zero-order valence-corrected chi connectivity index (χ0v) is 9.69. The van der Waals surface area contributed by atoms with Crippen molar-refractivity contribution < 1.29 is 14.7 Å². The zero-order valence-electron chi connectivity index (χ0n) is 8.87. The number of hydrogen-bond acceptors (Lipinski definition) is 3. The van der Waals surface area contributed by atoms with Gasteiger partial charge in [-0.1, -0.05) is 5.92 Å². The molecule has 0 heterocycles. The second kappa shape index (κ2) is 8.18. The smallest absolute Gasteiger partial charge is 0.326 e. The van der Waals surface area contributed by atoms with Crippen LogP contribution in [0.2, 0.25) is 0 Å². The lowest BCUT2D eigenvalue weighted by molar-refractivity contribution is -0.141. The molecule has 0 saturated carbocycles. The standard InChI is InChI=1S/C10H15NO3S/c1-3-4-6-15-7-5-9(10(13)14)11-8(2)12/h9H,5-7H2,1-2H3,(H,11,12)(H,13,14). The van der Waals surface area contributed by atoms with Gasteiger partial charge in [-0.25, -0.2) is 4.79 Å². The number of nitrogens with one attached hydrogen (secondary N) is 1. The third-order valence-corrected chi connectivity index (χ3v) is 2.45. The van der Waals surface area contributed by atoms with Crippen LogP contribution in [0.4, 0.5) is 0 Å². The van der Waals surface area contributed by atoms with E-state index in [9.17, 15) is 9.59 Å². The van der Waals surface area contributed by atoms with Crippen LogP contribution in [0.15, 0.2) is 0 Å². The maximum absolute atomic E-state index is 10.7. The fourth-order valence-corrected chi connectivity index (χ4v) is 1.69. The number of carbonyl (C=O) groups is 2. The van der Waals surface area contributed by atoms with Crippen molar-refractivity contribution >= 4 is 23.6 Å². The third kappa shape index (κ3) is 7.89. The first-order valence-electron chi connectivity index (χ1n) is 4.55. The summed E-state index contributed by atoms with van der Waals surface area (Å²) in [7, 11) is 0. The molecule has 0 aliphatic carbocycles. The zero-order chi connectivity index (χ0) is 11.7. The second-order valence-corrected chi connectivity index (χ2v) is 3.96. The highest BCUT2D eigenvalue weighted by Gasteiger charge is 2.17. The molecule has 0 rings (SSSR count). The van der Waals surface area contributed by atoms with Crippen LogP contribution in [0.1, 0.15) is 20.3 Å². The summed E-state index contributed by atoms with van der Waals surface area (Å²) in [6, 6.07) is -0.787. The Balaban J connectivity index is 3.79. The minimum absolute atomic E-state index is 0.319. The van der Waals surface area contributed by atoms with Crippen molar-refractivity contribution in [3.8, 4) is 11.8 Å². The van der Waals surface area contributed by atoms with Gasteiger partial charge in [-0.2, -0.15) is 0 Å². The Morgan fingerprint density at radius 1 is 1.53 bits per heavy atom. The SMILES string of the molecule is CC#CCSCCC(NC(C)=O)C(=O)O. The second-order valence-electron chi connectivity index (χ2n) is 2.86. The van der Waals surface area contributed by atoms with Crippen molar-refractivity contribution in [1.82, 2.24) is 5.32 Å². The molecule has 1 amide bonds. The summed E-state index contributed by atoms with van der Waals surface area (Å²) in [4.78, 5) is 21.4. The molecule has 4 nitrogen and oxygen atoms in total. The lowest BCUT2D eigenvalue weighted by atomic mass is 10.2. The van der Waals surface area contributed by atoms with Crippen LogP contribution in [0.25, 0.3) is 0 Å². The molecule has 1 unspecified atom stereocenters. The molecule has 0 aliphatic heterocycles. The van der Waals surface area contributed by atoms with Gasteiger partial charge in [0.15, 0.2) is 0 Å². The molecule has 0 aromatic heterocycles. The number of thioether (sulfide) groups is 1. The Kier molecular flexibility index (Phi) is 7.56. The highest BCUT2D eigenvalue weighted by atomic mass is 32.2. The molecular formula is C10H15NO3S. The number of aliphatic carboxylic acids is 1. The van der Waals surface area contributed by atoms with Gasteiger partial charge < -0.3 is 10.4 Å². The molecule has 0 aromatic carbocycles. The van der Waals surface area contributed by atoms with Crippen LogP contribution >= 0.6 is 11.8 Å². The van der Waals surface area contributed by atoms with E-state index in [1.165, 1.54) is 6.92 Å². The summed E-state index contributed by atoms with van der Waals surface area (Å²) in [6.07, 6.45) is 0.422.